The van der Waals surface area contributed by atoms with E-state index in [1.54, 1.807) is 0 Å². The molecule has 0 fully saturated rings. The molecule has 8 aromatic rings. The molecule has 0 bridgehead atoms. The van der Waals surface area contributed by atoms with Crippen molar-refractivity contribution in [2.24, 2.45) is 0 Å². The fourth-order valence-corrected chi connectivity index (χ4v) is 8.68. The van der Waals surface area contributed by atoms with Crippen LogP contribution in [0.4, 0.5) is 0 Å². The van der Waals surface area contributed by atoms with Gasteiger partial charge in [0.2, 0.25) is 0 Å². The lowest BCUT2D eigenvalue weighted by atomic mass is 9.66. The van der Waals surface area contributed by atoms with E-state index in [2.05, 4.69) is 170 Å². The van der Waals surface area contributed by atoms with Crippen LogP contribution in [0.2, 0.25) is 0 Å². The first kappa shape index (κ1) is 32.7. The van der Waals surface area contributed by atoms with Crippen molar-refractivity contribution in [1.29, 1.82) is 0 Å². The van der Waals surface area contributed by atoms with E-state index in [1.807, 2.05) is 36.4 Å². The van der Waals surface area contributed by atoms with Crippen LogP contribution >= 0.6 is 0 Å². The summed E-state index contributed by atoms with van der Waals surface area (Å²) in [6, 6.07) is 67.5. The minimum Gasteiger partial charge on any atom is -0.228 e. The third kappa shape index (κ3) is 5.66. The Kier molecular flexibility index (Phi) is 8.22. The van der Waals surface area contributed by atoms with Crippen LogP contribution in [0, 0.1) is 0 Å². The number of hydrogen-bond donors (Lipinski definition) is 0. The number of nitrogens with zero attached hydrogens (tertiary/aromatic N) is 2. The van der Waals surface area contributed by atoms with Gasteiger partial charge in [-0.3, -0.25) is 0 Å². The Hall–Kier alpha value is -6.90. The summed E-state index contributed by atoms with van der Waals surface area (Å²) in [6.45, 7) is 0. The zero-order valence-corrected chi connectivity index (χ0v) is 30.4. The average molecular weight is 703 g/mol. The molecule has 0 amide bonds. The molecule has 2 aliphatic rings. The van der Waals surface area contributed by atoms with E-state index in [4.69, 9.17) is 9.97 Å². The van der Waals surface area contributed by atoms with E-state index in [0.717, 1.165) is 46.7 Å². The molecule has 2 nitrogen and oxygen atoms in total. The molecule has 0 saturated carbocycles. The quantitative estimate of drug-likeness (QED) is 0.165. The van der Waals surface area contributed by atoms with Gasteiger partial charge in [0, 0.05) is 16.7 Å². The number of fused-ring (bicyclic) bond motifs is 3. The second-order valence-corrected chi connectivity index (χ2v) is 14.4. The number of benzene rings is 7. The Labute approximate surface area is 322 Å². The topological polar surface area (TPSA) is 25.8 Å². The van der Waals surface area contributed by atoms with Gasteiger partial charge >= 0.3 is 0 Å². The van der Waals surface area contributed by atoms with Crippen LogP contribution in [-0.4, -0.2) is 9.97 Å². The third-order valence-electron chi connectivity index (χ3n) is 11.2. The predicted octanol–water partition coefficient (Wildman–Crippen LogP) is 13.4. The number of aromatic nitrogens is 2. The van der Waals surface area contributed by atoms with Crippen LogP contribution in [-0.2, 0) is 5.41 Å². The van der Waals surface area contributed by atoms with Crippen molar-refractivity contribution >= 4 is 0 Å². The molecule has 1 unspecified atom stereocenters. The summed E-state index contributed by atoms with van der Waals surface area (Å²) in [5.41, 5.74) is 17.4. The lowest BCUT2D eigenvalue weighted by molar-refractivity contribution is 0.751. The summed E-state index contributed by atoms with van der Waals surface area (Å²) in [4.78, 5) is 9.99. The van der Waals surface area contributed by atoms with Gasteiger partial charge in [0.15, 0.2) is 5.82 Å². The molecular weight excluding hydrogens is 665 g/mol. The zero-order chi connectivity index (χ0) is 36.6. The standard InChI is InChI=1S/C53H38N2/c1-5-16-40(17-6-1)49-36-50(55-52(54-49)42-18-7-2-8-19-42)41-34-30-38(31-35-41)37-28-32-39(33-29-37)45-25-15-27-48-51(45)46-24-13-14-26-47(46)53(48,43-20-9-3-10-21-43)44-22-11-4-12-23-44/h1-3,5-11,13-36H,4,12H2. The number of allylic oxidation sites excluding steroid dienone is 4. The van der Waals surface area contributed by atoms with Gasteiger partial charge in [0.25, 0.3) is 0 Å². The summed E-state index contributed by atoms with van der Waals surface area (Å²) in [5.74, 6) is 0.722. The highest BCUT2D eigenvalue weighted by atomic mass is 14.9. The molecule has 0 N–H and O–H groups in total. The molecule has 260 valence electrons. The normalized spacial score (nSPS) is 15.6. The Morgan fingerprint density at radius 2 is 0.927 bits per heavy atom. The SMILES string of the molecule is C1=CC(C2(c3ccccc3)c3ccccc3-c3c(-c4ccc(-c5ccc(-c6cc(-c7ccccc7)nc(-c7ccccc7)n6)cc5)cc4)cccc32)=CCC1. The van der Waals surface area contributed by atoms with Gasteiger partial charge in [-0.1, -0.05) is 200 Å². The molecule has 2 heteroatoms. The molecule has 1 atom stereocenters. The second kappa shape index (κ2) is 13.8. The summed E-state index contributed by atoms with van der Waals surface area (Å²) in [5, 5.41) is 0. The van der Waals surface area contributed by atoms with Gasteiger partial charge in [-0.05, 0) is 74.6 Å². The summed E-state index contributed by atoms with van der Waals surface area (Å²) >= 11 is 0. The highest BCUT2D eigenvalue weighted by molar-refractivity contribution is 5.96. The van der Waals surface area contributed by atoms with Crippen molar-refractivity contribution in [3.05, 3.63) is 229 Å². The molecule has 7 aromatic carbocycles. The van der Waals surface area contributed by atoms with Crippen molar-refractivity contribution in [1.82, 2.24) is 9.97 Å². The largest absolute Gasteiger partial charge is 0.228 e. The van der Waals surface area contributed by atoms with E-state index in [9.17, 15) is 0 Å². The first-order valence-electron chi connectivity index (χ1n) is 19.1. The Balaban J connectivity index is 1.02. The van der Waals surface area contributed by atoms with Gasteiger partial charge in [-0.2, -0.15) is 0 Å². The molecule has 0 aliphatic heterocycles. The Bertz CT molecular complexity index is 2650. The first-order chi connectivity index (χ1) is 27.3. The summed E-state index contributed by atoms with van der Waals surface area (Å²) < 4.78 is 0. The highest BCUT2D eigenvalue weighted by Gasteiger charge is 2.47. The first-order valence-corrected chi connectivity index (χ1v) is 19.1. The monoisotopic (exact) mass is 702 g/mol. The molecule has 10 rings (SSSR count). The van der Waals surface area contributed by atoms with Crippen molar-refractivity contribution in [3.8, 4) is 67.3 Å². The van der Waals surface area contributed by atoms with Gasteiger partial charge < -0.3 is 0 Å². The molecule has 0 saturated heterocycles. The number of hydrogen-bond acceptors (Lipinski definition) is 2. The van der Waals surface area contributed by atoms with Crippen LogP contribution in [0.3, 0.4) is 0 Å². The maximum absolute atomic E-state index is 5.03. The second-order valence-electron chi connectivity index (χ2n) is 14.4. The van der Waals surface area contributed by atoms with Gasteiger partial charge in [0.05, 0.1) is 16.8 Å². The molecule has 55 heavy (non-hydrogen) atoms. The maximum Gasteiger partial charge on any atom is 0.160 e. The molecule has 1 heterocycles. The fraction of sp³-hybridized carbons (Fsp3) is 0.0566. The molecule has 0 spiro atoms. The summed E-state index contributed by atoms with van der Waals surface area (Å²) in [6.07, 6.45) is 9.31. The van der Waals surface area contributed by atoms with E-state index >= 15 is 0 Å². The van der Waals surface area contributed by atoms with E-state index in [1.165, 1.54) is 55.6 Å². The average Bonchev–Trinajstić information content (AvgIpc) is 3.59. The van der Waals surface area contributed by atoms with E-state index < -0.39 is 0 Å². The van der Waals surface area contributed by atoms with Gasteiger partial charge in [0.1, 0.15) is 0 Å². The smallest absolute Gasteiger partial charge is 0.160 e. The van der Waals surface area contributed by atoms with Crippen LogP contribution < -0.4 is 0 Å². The predicted molar refractivity (Wildman–Crippen MR) is 227 cm³/mol. The molecule has 1 aromatic heterocycles. The van der Waals surface area contributed by atoms with Crippen molar-refractivity contribution in [3.63, 3.8) is 0 Å². The lowest BCUT2D eigenvalue weighted by Crippen LogP contribution is -2.29. The van der Waals surface area contributed by atoms with Gasteiger partial charge in [-0.25, -0.2) is 9.97 Å². The number of rotatable bonds is 7. The van der Waals surface area contributed by atoms with Crippen molar-refractivity contribution < 1.29 is 0 Å². The van der Waals surface area contributed by atoms with Crippen LogP contribution in [0.5, 0.6) is 0 Å². The third-order valence-corrected chi connectivity index (χ3v) is 11.2. The van der Waals surface area contributed by atoms with E-state index in [0.29, 0.717) is 0 Å². The van der Waals surface area contributed by atoms with Crippen LogP contribution in [0.1, 0.15) is 29.5 Å². The molecular formula is C53H38N2. The molecule has 2 aliphatic carbocycles. The molecule has 0 radical (unpaired) electrons. The highest BCUT2D eigenvalue weighted by Crippen LogP contribution is 2.59. The minimum absolute atomic E-state index is 0.366. The zero-order valence-electron chi connectivity index (χ0n) is 30.4. The van der Waals surface area contributed by atoms with E-state index in [-0.39, 0.29) is 5.41 Å². The van der Waals surface area contributed by atoms with Crippen LogP contribution in [0.25, 0.3) is 67.3 Å². The van der Waals surface area contributed by atoms with Crippen molar-refractivity contribution in [2.75, 3.05) is 0 Å². The van der Waals surface area contributed by atoms with Crippen LogP contribution in [0.15, 0.2) is 212 Å². The lowest BCUT2D eigenvalue weighted by Gasteiger charge is -2.35. The van der Waals surface area contributed by atoms with Crippen molar-refractivity contribution in [2.45, 2.75) is 18.3 Å². The minimum atomic E-state index is -0.366. The fourth-order valence-electron chi connectivity index (χ4n) is 8.68. The van der Waals surface area contributed by atoms with Gasteiger partial charge in [-0.15, -0.1) is 0 Å². The Morgan fingerprint density at radius 1 is 0.400 bits per heavy atom. The summed E-state index contributed by atoms with van der Waals surface area (Å²) in [7, 11) is 0. The maximum atomic E-state index is 5.03. The Morgan fingerprint density at radius 3 is 1.58 bits per heavy atom.